The van der Waals surface area contributed by atoms with Gasteiger partial charge in [-0.3, -0.25) is 4.79 Å². The highest BCUT2D eigenvalue weighted by molar-refractivity contribution is 5.86. The lowest BCUT2D eigenvalue weighted by molar-refractivity contribution is -0.134. The monoisotopic (exact) mass is 204 g/mol. The molecule has 0 saturated carbocycles. The number of hydrogen-bond acceptors (Lipinski definition) is 2. The minimum Gasteiger partial charge on any atom is -0.426 e. The van der Waals surface area contributed by atoms with Gasteiger partial charge in [0.25, 0.3) is 0 Å². The Morgan fingerprint density at radius 3 is 2.60 bits per heavy atom. The van der Waals surface area contributed by atoms with Crippen molar-refractivity contribution in [3.05, 3.63) is 29.8 Å². The van der Waals surface area contributed by atoms with Crippen LogP contribution < -0.4 is 4.74 Å². The van der Waals surface area contributed by atoms with E-state index in [1.165, 1.54) is 0 Å². The van der Waals surface area contributed by atoms with Gasteiger partial charge >= 0.3 is 5.97 Å². The normalized spacial score (nSPS) is 19.9. The van der Waals surface area contributed by atoms with Gasteiger partial charge in [-0.2, -0.15) is 0 Å². The van der Waals surface area contributed by atoms with E-state index in [0.29, 0.717) is 0 Å². The van der Waals surface area contributed by atoms with Gasteiger partial charge in [-0.25, -0.2) is 0 Å². The maximum atomic E-state index is 11.7. The van der Waals surface area contributed by atoms with E-state index < -0.39 is 0 Å². The first-order chi connectivity index (χ1) is 6.97. The summed E-state index contributed by atoms with van der Waals surface area (Å²) >= 11 is 0. The lowest BCUT2D eigenvalue weighted by atomic mass is 9.82. The van der Waals surface area contributed by atoms with E-state index in [9.17, 15) is 4.79 Å². The predicted octanol–water partition coefficient (Wildman–Crippen LogP) is 3.13. The van der Waals surface area contributed by atoms with Gasteiger partial charge in [0.1, 0.15) is 5.75 Å². The number of ether oxygens (including phenoxy) is 1. The number of para-hydroxylation sites is 1. The Kier molecular flexibility index (Phi) is 2.29. The van der Waals surface area contributed by atoms with E-state index in [-0.39, 0.29) is 17.3 Å². The van der Waals surface area contributed by atoms with Crippen molar-refractivity contribution in [1.82, 2.24) is 0 Å². The molecule has 1 aliphatic heterocycles. The third kappa shape index (κ3) is 2.04. The molecule has 80 valence electrons. The van der Waals surface area contributed by atoms with Crippen LogP contribution in [-0.4, -0.2) is 5.97 Å². The Morgan fingerprint density at radius 2 is 1.93 bits per heavy atom. The summed E-state index contributed by atoms with van der Waals surface area (Å²) in [5.41, 5.74) is 1.18. The Bertz CT molecular complexity index is 388. The number of fused-ring (bicyclic) bond motifs is 1. The molecule has 0 saturated heterocycles. The van der Waals surface area contributed by atoms with Gasteiger partial charge in [0, 0.05) is 5.56 Å². The summed E-state index contributed by atoms with van der Waals surface area (Å²) in [6, 6.07) is 7.69. The topological polar surface area (TPSA) is 26.3 Å². The molecule has 1 atom stereocenters. The van der Waals surface area contributed by atoms with E-state index in [0.717, 1.165) is 17.7 Å². The molecule has 0 N–H and O–H groups in total. The Hall–Kier alpha value is -1.31. The fourth-order valence-corrected chi connectivity index (χ4v) is 1.97. The highest BCUT2D eigenvalue weighted by Crippen LogP contribution is 2.40. The van der Waals surface area contributed by atoms with Gasteiger partial charge in [0.15, 0.2) is 0 Å². The summed E-state index contributed by atoms with van der Waals surface area (Å²) in [6.07, 6.45) is 0.836. The molecule has 0 spiro atoms. The zero-order valence-corrected chi connectivity index (χ0v) is 9.41. The maximum absolute atomic E-state index is 11.7. The molecule has 0 aromatic heterocycles. The van der Waals surface area contributed by atoms with Crippen LogP contribution in [0.2, 0.25) is 0 Å². The van der Waals surface area contributed by atoms with Crippen molar-refractivity contribution in [2.75, 3.05) is 0 Å². The SMILES string of the molecule is CC(C)(C)CC1C(=O)Oc2ccccc21. The number of carbonyl (C=O) groups excluding carboxylic acids is 1. The number of carbonyl (C=O) groups is 1. The Labute approximate surface area is 90.3 Å². The molecule has 0 aliphatic carbocycles. The second-order valence-electron chi connectivity index (χ2n) is 5.28. The van der Waals surface area contributed by atoms with Gasteiger partial charge < -0.3 is 4.74 Å². The average Bonchev–Trinajstić information content (AvgIpc) is 2.41. The quantitative estimate of drug-likeness (QED) is 0.519. The fraction of sp³-hybridized carbons (Fsp3) is 0.462. The highest BCUT2D eigenvalue weighted by atomic mass is 16.5. The van der Waals surface area contributed by atoms with E-state index in [4.69, 9.17) is 4.74 Å². The number of hydrogen-bond donors (Lipinski definition) is 0. The maximum Gasteiger partial charge on any atom is 0.318 e. The first-order valence-corrected chi connectivity index (χ1v) is 5.28. The summed E-state index contributed by atoms with van der Waals surface area (Å²) in [7, 11) is 0. The van der Waals surface area contributed by atoms with Crippen molar-refractivity contribution in [3.8, 4) is 5.75 Å². The molecule has 1 unspecified atom stereocenters. The van der Waals surface area contributed by atoms with Gasteiger partial charge in [-0.05, 0) is 17.9 Å². The largest absolute Gasteiger partial charge is 0.426 e. The van der Waals surface area contributed by atoms with Crippen LogP contribution in [0.3, 0.4) is 0 Å². The molecule has 2 heteroatoms. The summed E-state index contributed by atoms with van der Waals surface area (Å²) in [4.78, 5) is 11.7. The number of esters is 1. The van der Waals surface area contributed by atoms with Gasteiger partial charge in [-0.15, -0.1) is 0 Å². The number of benzene rings is 1. The van der Waals surface area contributed by atoms with Gasteiger partial charge in [0.05, 0.1) is 5.92 Å². The zero-order chi connectivity index (χ0) is 11.1. The molecular formula is C13H16O2. The third-order valence-corrected chi connectivity index (χ3v) is 2.61. The smallest absolute Gasteiger partial charge is 0.318 e. The lowest BCUT2D eigenvalue weighted by Gasteiger charge is -2.20. The van der Waals surface area contributed by atoms with Crippen LogP contribution >= 0.6 is 0 Å². The van der Waals surface area contributed by atoms with Crippen molar-refractivity contribution >= 4 is 5.97 Å². The molecule has 0 radical (unpaired) electrons. The second kappa shape index (κ2) is 3.37. The van der Waals surface area contributed by atoms with Crippen LogP contribution in [0.1, 0.15) is 38.7 Å². The molecule has 0 bridgehead atoms. The molecule has 1 aromatic carbocycles. The average molecular weight is 204 g/mol. The van der Waals surface area contributed by atoms with Crippen LogP contribution in [0, 0.1) is 5.41 Å². The van der Waals surface area contributed by atoms with Crippen molar-refractivity contribution in [3.63, 3.8) is 0 Å². The molecule has 0 amide bonds. The van der Waals surface area contributed by atoms with Crippen LogP contribution in [0.5, 0.6) is 5.75 Å². The van der Waals surface area contributed by atoms with E-state index >= 15 is 0 Å². The van der Waals surface area contributed by atoms with E-state index in [1.54, 1.807) is 0 Å². The Balaban J connectivity index is 2.30. The highest BCUT2D eigenvalue weighted by Gasteiger charge is 2.35. The van der Waals surface area contributed by atoms with E-state index in [1.807, 2.05) is 24.3 Å². The molecule has 1 aliphatic rings. The summed E-state index contributed by atoms with van der Waals surface area (Å²) < 4.78 is 5.23. The van der Waals surface area contributed by atoms with Crippen molar-refractivity contribution in [2.24, 2.45) is 5.41 Å². The first kappa shape index (κ1) is 10.2. The van der Waals surface area contributed by atoms with Gasteiger partial charge in [-0.1, -0.05) is 39.0 Å². The molecular weight excluding hydrogens is 188 g/mol. The second-order valence-corrected chi connectivity index (χ2v) is 5.28. The molecule has 15 heavy (non-hydrogen) atoms. The fourth-order valence-electron chi connectivity index (χ4n) is 1.97. The predicted molar refractivity (Wildman–Crippen MR) is 58.9 cm³/mol. The minimum atomic E-state index is -0.105. The van der Waals surface area contributed by atoms with Gasteiger partial charge in [0.2, 0.25) is 0 Å². The zero-order valence-electron chi connectivity index (χ0n) is 9.41. The van der Waals surface area contributed by atoms with Crippen LogP contribution in [0.4, 0.5) is 0 Å². The van der Waals surface area contributed by atoms with Crippen molar-refractivity contribution in [2.45, 2.75) is 33.1 Å². The lowest BCUT2D eigenvalue weighted by Crippen LogP contribution is -2.17. The summed E-state index contributed by atoms with van der Waals surface area (Å²) in [5, 5.41) is 0. The van der Waals surface area contributed by atoms with E-state index in [2.05, 4.69) is 20.8 Å². The minimum absolute atomic E-state index is 0.0822. The van der Waals surface area contributed by atoms with Crippen LogP contribution in [0.15, 0.2) is 24.3 Å². The summed E-state index contributed by atoms with van der Waals surface area (Å²) in [6.45, 7) is 6.42. The summed E-state index contributed by atoms with van der Waals surface area (Å²) in [5.74, 6) is 0.545. The molecule has 1 aromatic rings. The number of rotatable bonds is 1. The third-order valence-electron chi connectivity index (χ3n) is 2.61. The standard InChI is InChI=1S/C13H16O2/c1-13(2,3)8-10-9-6-4-5-7-11(9)15-12(10)14/h4-7,10H,8H2,1-3H3. The molecule has 0 fully saturated rings. The van der Waals surface area contributed by atoms with Crippen LogP contribution in [0.25, 0.3) is 0 Å². The van der Waals surface area contributed by atoms with Crippen molar-refractivity contribution in [1.29, 1.82) is 0 Å². The molecule has 2 nitrogen and oxygen atoms in total. The molecule has 1 heterocycles. The van der Waals surface area contributed by atoms with Crippen LogP contribution in [-0.2, 0) is 4.79 Å². The van der Waals surface area contributed by atoms with Crippen molar-refractivity contribution < 1.29 is 9.53 Å². The Morgan fingerprint density at radius 1 is 1.27 bits per heavy atom. The first-order valence-electron chi connectivity index (χ1n) is 5.28. The molecule has 2 rings (SSSR count).